The molecule has 0 aliphatic rings. The lowest BCUT2D eigenvalue weighted by molar-refractivity contribution is -0.135. The number of carboxylic acids is 1. The molecule has 0 unspecified atom stereocenters. The highest BCUT2D eigenvalue weighted by atomic mass is 19.1. The van der Waals surface area contributed by atoms with E-state index in [1.165, 1.54) is 18.2 Å². The Morgan fingerprint density at radius 2 is 2.21 bits per heavy atom. The van der Waals surface area contributed by atoms with Crippen molar-refractivity contribution in [2.75, 3.05) is 0 Å². The van der Waals surface area contributed by atoms with Gasteiger partial charge in [-0.15, -0.1) is 0 Å². The molecular weight excluding hydrogens is 183 g/mol. The molecule has 1 aromatic rings. The van der Waals surface area contributed by atoms with Gasteiger partial charge in [0.1, 0.15) is 5.82 Å². The van der Waals surface area contributed by atoms with Crippen molar-refractivity contribution in [1.82, 2.24) is 0 Å². The lowest BCUT2D eigenvalue weighted by Crippen LogP contribution is -1.89. The molecule has 0 saturated heterocycles. The number of halogens is 1. The molecule has 0 atom stereocenters. The number of hydrogen-bond acceptors (Lipinski definition) is 1. The van der Waals surface area contributed by atoms with Gasteiger partial charge < -0.3 is 5.11 Å². The monoisotopic (exact) mass is 194 g/mol. The molecule has 0 amide bonds. The summed E-state index contributed by atoms with van der Waals surface area (Å²) in [5.41, 5.74) is 1.50. The molecule has 0 bridgehead atoms. The average Bonchev–Trinajstić information content (AvgIpc) is 2.01. The van der Waals surface area contributed by atoms with Crippen LogP contribution in [0.5, 0.6) is 0 Å². The van der Waals surface area contributed by atoms with Crippen LogP contribution in [-0.2, 0) is 4.79 Å². The highest BCUT2D eigenvalue weighted by Gasteiger charge is 1.95. The summed E-state index contributed by atoms with van der Waals surface area (Å²) in [5.74, 6) is -1.20. The third-order valence-corrected chi connectivity index (χ3v) is 1.67. The van der Waals surface area contributed by atoms with Gasteiger partial charge in [0.15, 0.2) is 0 Å². The fourth-order valence-corrected chi connectivity index (χ4v) is 1.16. The zero-order valence-corrected chi connectivity index (χ0v) is 7.83. The molecule has 0 aliphatic heterocycles. The molecule has 0 radical (unpaired) electrons. The Hall–Kier alpha value is -1.64. The highest BCUT2D eigenvalue weighted by molar-refractivity contribution is 5.70. The summed E-state index contributed by atoms with van der Waals surface area (Å²) < 4.78 is 12.9. The molecule has 0 spiro atoms. The van der Waals surface area contributed by atoms with Crippen molar-refractivity contribution in [2.45, 2.75) is 13.3 Å². The van der Waals surface area contributed by atoms with Crippen LogP contribution < -0.4 is 0 Å². The van der Waals surface area contributed by atoms with Crippen molar-refractivity contribution < 1.29 is 14.3 Å². The van der Waals surface area contributed by atoms with Crippen LogP contribution in [0.1, 0.15) is 17.5 Å². The summed E-state index contributed by atoms with van der Waals surface area (Å²) in [6.45, 7) is 1.79. The maximum absolute atomic E-state index is 12.9. The molecular formula is C11H11FO2. The Bertz CT molecular complexity index is 349. The third kappa shape index (κ3) is 3.39. The minimum absolute atomic E-state index is 0.0461. The molecule has 0 aromatic heterocycles. The van der Waals surface area contributed by atoms with Crippen molar-refractivity contribution in [3.8, 4) is 0 Å². The van der Waals surface area contributed by atoms with Crippen LogP contribution in [0.3, 0.4) is 0 Å². The van der Waals surface area contributed by atoms with E-state index < -0.39 is 5.97 Å². The zero-order valence-electron chi connectivity index (χ0n) is 7.83. The predicted octanol–water partition coefficient (Wildman–Crippen LogP) is 2.62. The lowest BCUT2D eigenvalue weighted by atomic mass is 10.1. The number of aryl methyl sites for hydroxylation is 1. The van der Waals surface area contributed by atoms with Crippen LogP contribution in [0, 0.1) is 12.7 Å². The average molecular weight is 194 g/mol. The molecule has 0 fully saturated rings. The van der Waals surface area contributed by atoms with Crippen LogP contribution in [0.4, 0.5) is 4.39 Å². The first-order valence-corrected chi connectivity index (χ1v) is 4.23. The van der Waals surface area contributed by atoms with Gasteiger partial charge in [-0.05, 0) is 30.2 Å². The first kappa shape index (κ1) is 10.4. The van der Waals surface area contributed by atoms with Gasteiger partial charge in [-0.2, -0.15) is 0 Å². The van der Waals surface area contributed by atoms with Crippen molar-refractivity contribution in [2.24, 2.45) is 0 Å². The van der Waals surface area contributed by atoms with Gasteiger partial charge >= 0.3 is 5.97 Å². The Morgan fingerprint density at radius 3 is 2.79 bits per heavy atom. The second-order valence-corrected chi connectivity index (χ2v) is 3.06. The van der Waals surface area contributed by atoms with Crippen LogP contribution in [-0.4, -0.2) is 11.1 Å². The fourth-order valence-electron chi connectivity index (χ4n) is 1.16. The van der Waals surface area contributed by atoms with E-state index in [0.29, 0.717) is 5.56 Å². The SMILES string of the molecule is Cc1cc(F)cc(C=CCC(=O)O)c1. The summed E-state index contributed by atoms with van der Waals surface area (Å²) in [6.07, 6.45) is 3.05. The fraction of sp³-hybridized carbons (Fsp3) is 0.182. The summed E-state index contributed by atoms with van der Waals surface area (Å²) in [5, 5.41) is 8.38. The van der Waals surface area contributed by atoms with Gasteiger partial charge in [-0.25, -0.2) is 4.39 Å². The largest absolute Gasteiger partial charge is 0.481 e. The van der Waals surface area contributed by atoms with Crippen molar-refractivity contribution in [3.63, 3.8) is 0 Å². The second kappa shape index (κ2) is 4.56. The molecule has 1 N–H and O–H groups in total. The van der Waals surface area contributed by atoms with E-state index in [-0.39, 0.29) is 12.2 Å². The molecule has 0 heterocycles. The molecule has 74 valence electrons. The van der Waals surface area contributed by atoms with E-state index >= 15 is 0 Å². The molecule has 3 heteroatoms. The smallest absolute Gasteiger partial charge is 0.307 e. The minimum atomic E-state index is -0.894. The van der Waals surface area contributed by atoms with E-state index in [0.717, 1.165) is 5.56 Å². The molecule has 1 rings (SSSR count). The van der Waals surface area contributed by atoms with Gasteiger partial charge in [0.05, 0.1) is 6.42 Å². The number of rotatable bonds is 3. The molecule has 0 aliphatic carbocycles. The topological polar surface area (TPSA) is 37.3 Å². The van der Waals surface area contributed by atoms with Gasteiger partial charge in [-0.1, -0.05) is 18.2 Å². The van der Waals surface area contributed by atoms with Crippen LogP contribution in [0.25, 0.3) is 6.08 Å². The maximum atomic E-state index is 12.9. The van der Waals surface area contributed by atoms with E-state index in [2.05, 4.69) is 0 Å². The summed E-state index contributed by atoms with van der Waals surface area (Å²) in [6, 6.07) is 4.58. The Morgan fingerprint density at radius 1 is 1.50 bits per heavy atom. The third-order valence-electron chi connectivity index (χ3n) is 1.67. The number of carboxylic acid groups (broad SMARTS) is 1. The standard InChI is InChI=1S/C11H11FO2/c1-8-5-9(7-10(12)6-8)3-2-4-11(13)14/h2-3,5-7H,4H2,1H3,(H,13,14). The first-order valence-electron chi connectivity index (χ1n) is 4.23. The molecule has 1 aromatic carbocycles. The molecule has 14 heavy (non-hydrogen) atoms. The predicted molar refractivity (Wildman–Crippen MR) is 52.4 cm³/mol. The van der Waals surface area contributed by atoms with Crippen molar-refractivity contribution >= 4 is 12.0 Å². The van der Waals surface area contributed by atoms with Gasteiger partial charge in [0.25, 0.3) is 0 Å². The van der Waals surface area contributed by atoms with Crippen LogP contribution in [0.15, 0.2) is 24.3 Å². The summed E-state index contributed by atoms with van der Waals surface area (Å²) in [4.78, 5) is 10.2. The van der Waals surface area contributed by atoms with E-state index in [4.69, 9.17) is 5.11 Å². The Labute approximate surface area is 81.7 Å². The van der Waals surface area contributed by atoms with E-state index in [1.54, 1.807) is 19.1 Å². The summed E-state index contributed by atoms with van der Waals surface area (Å²) in [7, 11) is 0. The van der Waals surface area contributed by atoms with E-state index in [1.807, 2.05) is 0 Å². The Balaban J connectivity index is 2.76. The van der Waals surface area contributed by atoms with Gasteiger partial charge in [-0.3, -0.25) is 4.79 Å². The Kier molecular flexibility index (Phi) is 3.40. The quantitative estimate of drug-likeness (QED) is 0.803. The highest BCUT2D eigenvalue weighted by Crippen LogP contribution is 2.10. The number of aliphatic carboxylic acids is 1. The summed E-state index contributed by atoms with van der Waals surface area (Å²) >= 11 is 0. The number of carbonyl (C=O) groups is 1. The van der Waals surface area contributed by atoms with Crippen molar-refractivity contribution in [1.29, 1.82) is 0 Å². The molecule has 0 saturated carbocycles. The number of benzene rings is 1. The minimum Gasteiger partial charge on any atom is -0.481 e. The van der Waals surface area contributed by atoms with Crippen LogP contribution in [0.2, 0.25) is 0 Å². The van der Waals surface area contributed by atoms with Gasteiger partial charge in [0, 0.05) is 0 Å². The van der Waals surface area contributed by atoms with Crippen LogP contribution >= 0.6 is 0 Å². The second-order valence-electron chi connectivity index (χ2n) is 3.06. The van der Waals surface area contributed by atoms with E-state index in [9.17, 15) is 9.18 Å². The normalized spacial score (nSPS) is 10.7. The van der Waals surface area contributed by atoms with Gasteiger partial charge in [0.2, 0.25) is 0 Å². The first-order chi connectivity index (χ1) is 6.58. The number of hydrogen-bond donors (Lipinski definition) is 1. The zero-order chi connectivity index (χ0) is 10.6. The maximum Gasteiger partial charge on any atom is 0.307 e. The lowest BCUT2D eigenvalue weighted by Gasteiger charge is -1.96. The van der Waals surface area contributed by atoms with Crippen molar-refractivity contribution in [3.05, 3.63) is 41.2 Å². The molecule has 2 nitrogen and oxygen atoms in total.